The van der Waals surface area contributed by atoms with Crippen LogP contribution in [0.4, 0.5) is 5.69 Å². The molecule has 1 atom stereocenters. The van der Waals surface area contributed by atoms with Gasteiger partial charge < -0.3 is 9.80 Å². The molecule has 1 N–H and O–H groups in total. The van der Waals surface area contributed by atoms with E-state index >= 15 is 0 Å². The first-order chi connectivity index (χ1) is 13.5. The second kappa shape index (κ2) is 8.00. The van der Waals surface area contributed by atoms with E-state index in [-0.39, 0.29) is 11.8 Å². The molecule has 0 radical (unpaired) electrons. The third-order valence-corrected chi connectivity index (χ3v) is 5.81. The Morgan fingerprint density at radius 1 is 1.25 bits per heavy atom. The van der Waals surface area contributed by atoms with Crippen LogP contribution in [-0.2, 0) is 16.1 Å². The highest BCUT2D eigenvalue weighted by Crippen LogP contribution is 2.28. The number of nitrogens with one attached hydrogen (secondary N) is 1. The molecule has 28 heavy (non-hydrogen) atoms. The number of carbonyl (C=O) groups is 2. The minimum Gasteiger partial charge on any atom is -0.339 e. The number of nitrogens with zero attached hydrogens (tertiary/aromatic N) is 5. The minimum atomic E-state index is -0.568. The summed E-state index contributed by atoms with van der Waals surface area (Å²) < 4.78 is 0.922. The number of anilines is 1. The fourth-order valence-corrected chi connectivity index (χ4v) is 4.20. The number of rotatable bonds is 4. The quantitative estimate of drug-likeness (QED) is 0.720. The van der Waals surface area contributed by atoms with Crippen molar-refractivity contribution in [3.8, 4) is 0 Å². The Hall–Kier alpha value is -2.26. The van der Waals surface area contributed by atoms with Crippen molar-refractivity contribution in [3.05, 3.63) is 40.4 Å². The summed E-state index contributed by atoms with van der Waals surface area (Å²) in [7, 11) is 0. The molecule has 8 nitrogen and oxygen atoms in total. The lowest BCUT2D eigenvalue weighted by Gasteiger charge is -2.35. The maximum Gasteiger partial charge on any atom is 0.239 e. The van der Waals surface area contributed by atoms with Crippen LogP contribution < -0.4 is 4.90 Å². The van der Waals surface area contributed by atoms with Gasteiger partial charge in [-0.2, -0.15) is 5.10 Å². The summed E-state index contributed by atoms with van der Waals surface area (Å²) in [5, 5.41) is 7.02. The molecule has 1 aromatic heterocycles. The highest BCUT2D eigenvalue weighted by atomic mass is 79.9. The van der Waals surface area contributed by atoms with Gasteiger partial charge in [0.25, 0.3) is 0 Å². The molecular weight excluding hydrogens is 424 g/mol. The zero-order valence-corrected chi connectivity index (χ0v) is 17.4. The Bertz CT molecular complexity index is 877. The number of aromatic amines is 1. The second-order valence-corrected chi connectivity index (χ2v) is 8.17. The summed E-state index contributed by atoms with van der Waals surface area (Å²) >= 11 is 3.44. The van der Waals surface area contributed by atoms with E-state index in [0.717, 1.165) is 34.9 Å². The maximum absolute atomic E-state index is 12.9. The van der Waals surface area contributed by atoms with Crippen LogP contribution in [0, 0.1) is 12.8 Å². The largest absolute Gasteiger partial charge is 0.339 e. The molecule has 0 aliphatic carbocycles. The van der Waals surface area contributed by atoms with Gasteiger partial charge in [-0.05, 0) is 31.5 Å². The number of halogens is 1. The minimum absolute atomic E-state index is 0.0455. The first-order valence-corrected chi connectivity index (χ1v) is 10.3. The molecule has 2 saturated heterocycles. The van der Waals surface area contributed by atoms with Gasteiger partial charge in [-0.25, -0.2) is 4.98 Å². The molecule has 4 rings (SSSR count). The number of amides is 2. The van der Waals surface area contributed by atoms with Gasteiger partial charge in [0.05, 0.1) is 6.54 Å². The van der Waals surface area contributed by atoms with Gasteiger partial charge in [0.15, 0.2) is 5.82 Å². The molecule has 0 spiro atoms. The summed E-state index contributed by atoms with van der Waals surface area (Å²) in [6.07, 6.45) is 0.570. The molecule has 2 fully saturated rings. The van der Waals surface area contributed by atoms with Crippen LogP contribution in [0.5, 0.6) is 0 Å². The first kappa shape index (κ1) is 19.1. The fraction of sp³-hybridized carbons (Fsp3) is 0.474. The van der Waals surface area contributed by atoms with E-state index in [0.29, 0.717) is 32.6 Å². The van der Waals surface area contributed by atoms with E-state index < -0.39 is 5.92 Å². The number of hydrogen-bond acceptors (Lipinski definition) is 5. The highest BCUT2D eigenvalue weighted by molar-refractivity contribution is 9.10. The Balaban J connectivity index is 1.33. The Morgan fingerprint density at radius 3 is 2.71 bits per heavy atom. The third-order valence-electron chi connectivity index (χ3n) is 5.32. The van der Waals surface area contributed by atoms with Crippen molar-refractivity contribution in [3.63, 3.8) is 0 Å². The average molecular weight is 447 g/mol. The van der Waals surface area contributed by atoms with Crippen LogP contribution in [0.25, 0.3) is 0 Å². The molecular formula is C19H23BrN6O2. The predicted octanol–water partition coefficient (Wildman–Crippen LogP) is 1.57. The van der Waals surface area contributed by atoms with E-state index in [2.05, 4.69) is 36.0 Å². The standard InChI is InChI=1S/C19H23BrN6O2/c1-13-21-17(23-22-13)12-24-7-9-25(10-8-24)18(27)16-5-6-26(19(16)28)15-4-2-3-14(20)11-15/h2-4,11,16H,5-10,12H2,1H3,(H,21,22,23)/t16-/m1/s1. The molecule has 3 heterocycles. The van der Waals surface area contributed by atoms with Crippen LogP contribution >= 0.6 is 15.9 Å². The molecule has 1 aromatic carbocycles. The average Bonchev–Trinajstić information content (AvgIpc) is 3.27. The third kappa shape index (κ3) is 3.95. The second-order valence-electron chi connectivity index (χ2n) is 7.25. The molecule has 0 unspecified atom stereocenters. The van der Waals surface area contributed by atoms with E-state index in [9.17, 15) is 9.59 Å². The van der Waals surface area contributed by atoms with E-state index in [1.165, 1.54) is 0 Å². The van der Waals surface area contributed by atoms with Crippen molar-refractivity contribution in [2.75, 3.05) is 37.6 Å². The van der Waals surface area contributed by atoms with Crippen LogP contribution in [0.2, 0.25) is 0 Å². The van der Waals surface area contributed by atoms with E-state index in [1.54, 1.807) is 4.90 Å². The van der Waals surface area contributed by atoms with E-state index in [4.69, 9.17) is 0 Å². The van der Waals surface area contributed by atoms with Gasteiger partial charge >= 0.3 is 0 Å². The predicted molar refractivity (Wildman–Crippen MR) is 108 cm³/mol. The van der Waals surface area contributed by atoms with Crippen molar-refractivity contribution in [1.29, 1.82) is 0 Å². The number of hydrogen-bond donors (Lipinski definition) is 1. The normalized spacial score (nSPS) is 20.8. The van der Waals surface area contributed by atoms with Crippen LogP contribution in [0.1, 0.15) is 18.1 Å². The number of aryl methyl sites for hydroxylation is 1. The number of H-pyrrole nitrogens is 1. The Labute approximate surface area is 172 Å². The molecule has 148 valence electrons. The van der Waals surface area contributed by atoms with Crippen molar-refractivity contribution in [2.24, 2.45) is 5.92 Å². The van der Waals surface area contributed by atoms with Gasteiger partial charge in [0.1, 0.15) is 11.7 Å². The summed E-state index contributed by atoms with van der Waals surface area (Å²) in [6, 6.07) is 7.64. The smallest absolute Gasteiger partial charge is 0.239 e. The number of benzene rings is 1. The zero-order valence-electron chi connectivity index (χ0n) is 15.8. The lowest BCUT2D eigenvalue weighted by atomic mass is 10.1. The van der Waals surface area contributed by atoms with Crippen molar-refractivity contribution < 1.29 is 9.59 Å². The summed E-state index contributed by atoms with van der Waals surface area (Å²) in [5.41, 5.74) is 0.835. The van der Waals surface area contributed by atoms with Crippen LogP contribution in [-0.4, -0.2) is 69.5 Å². The lowest BCUT2D eigenvalue weighted by molar-refractivity contribution is -0.141. The van der Waals surface area contributed by atoms with Crippen LogP contribution in [0.15, 0.2) is 28.7 Å². The number of piperazine rings is 1. The van der Waals surface area contributed by atoms with E-state index in [1.807, 2.05) is 36.1 Å². The fourth-order valence-electron chi connectivity index (χ4n) is 3.82. The molecule has 0 bridgehead atoms. The monoisotopic (exact) mass is 446 g/mol. The highest BCUT2D eigenvalue weighted by Gasteiger charge is 2.40. The Morgan fingerprint density at radius 2 is 2.04 bits per heavy atom. The molecule has 9 heteroatoms. The van der Waals surface area contributed by atoms with Gasteiger partial charge in [0, 0.05) is 42.9 Å². The molecule has 2 aliphatic rings. The topological polar surface area (TPSA) is 85.4 Å². The summed E-state index contributed by atoms with van der Waals surface area (Å²) in [6.45, 7) is 5.90. The van der Waals surface area contributed by atoms with Gasteiger partial charge in [-0.1, -0.05) is 22.0 Å². The zero-order chi connectivity index (χ0) is 19.7. The SMILES string of the molecule is Cc1nc(CN2CCN(C(=O)[C@H]3CCN(c4cccc(Br)c4)C3=O)CC2)n[nH]1. The van der Waals surface area contributed by atoms with Crippen molar-refractivity contribution in [2.45, 2.75) is 19.9 Å². The molecule has 2 aromatic rings. The first-order valence-electron chi connectivity index (χ1n) is 9.47. The van der Waals surface area contributed by atoms with Gasteiger partial charge in [-0.3, -0.25) is 19.6 Å². The van der Waals surface area contributed by atoms with Crippen molar-refractivity contribution >= 4 is 33.4 Å². The molecule has 2 amide bonds. The van der Waals surface area contributed by atoms with Gasteiger partial charge in [0.2, 0.25) is 11.8 Å². The molecule has 0 saturated carbocycles. The Kier molecular flexibility index (Phi) is 5.45. The van der Waals surface area contributed by atoms with Crippen molar-refractivity contribution in [1.82, 2.24) is 25.0 Å². The summed E-state index contributed by atoms with van der Waals surface area (Å²) in [4.78, 5) is 35.9. The van der Waals surface area contributed by atoms with Gasteiger partial charge in [-0.15, -0.1) is 0 Å². The summed E-state index contributed by atoms with van der Waals surface area (Å²) in [5.74, 6) is 0.866. The number of carbonyl (C=O) groups excluding carboxylic acids is 2. The molecule has 2 aliphatic heterocycles. The number of aromatic nitrogens is 3. The lowest BCUT2D eigenvalue weighted by Crippen LogP contribution is -2.51. The maximum atomic E-state index is 12.9. The van der Waals surface area contributed by atoms with Crippen LogP contribution in [0.3, 0.4) is 0 Å².